The van der Waals surface area contributed by atoms with E-state index < -0.39 is 47.7 Å². The zero-order chi connectivity index (χ0) is 22.3. The SMILES string of the molecule is C/C=C/C(=O)OCC(=O)c1c(N)n(Cc2ccccc2)c(=O)n(CC(=O)OC)c1=O. The molecule has 0 spiro atoms. The molecule has 0 fully saturated rings. The van der Waals surface area contributed by atoms with Gasteiger partial charge < -0.3 is 15.2 Å². The van der Waals surface area contributed by atoms with Gasteiger partial charge in [0.2, 0.25) is 5.78 Å². The van der Waals surface area contributed by atoms with Gasteiger partial charge in [-0.25, -0.2) is 14.2 Å². The second-order valence-corrected chi connectivity index (χ2v) is 6.11. The highest BCUT2D eigenvalue weighted by Gasteiger charge is 2.24. The van der Waals surface area contributed by atoms with Gasteiger partial charge in [-0.3, -0.25) is 19.0 Å². The largest absolute Gasteiger partial charge is 0.468 e. The number of allylic oxidation sites excluding steroid dienone is 1. The van der Waals surface area contributed by atoms with Crippen molar-refractivity contribution < 1.29 is 23.9 Å². The number of nitrogens with two attached hydrogens (primary N) is 1. The average molecular weight is 415 g/mol. The number of hydrogen-bond acceptors (Lipinski definition) is 8. The van der Waals surface area contributed by atoms with Crippen LogP contribution in [0.3, 0.4) is 0 Å². The molecule has 10 heteroatoms. The van der Waals surface area contributed by atoms with Crippen LogP contribution < -0.4 is 17.0 Å². The molecule has 2 aromatic rings. The number of benzene rings is 1. The summed E-state index contributed by atoms with van der Waals surface area (Å²) >= 11 is 0. The number of aromatic nitrogens is 2. The molecule has 0 saturated heterocycles. The topological polar surface area (TPSA) is 140 Å². The summed E-state index contributed by atoms with van der Waals surface area (Å²) in [7, 11) is 1.10. The van der Waals surface area contributed by atoms with Crippen LogP contribution in [0.2, 0.25) is 0 Å². The number of nitrogen functional groups attached to an aromatic ring is 1. The molecule has 2 N–H and O–H groups in total. The summed E-state index contributed by atoms with van der Waals surface area (Å²) in [5.74, 6) is -2.93. The van der Waals surface area contributed by atoms with Crippen molar-refractivity contribution in [2.75, 3.05) is 19.5 Å². The van der Waals surface area contributed by atoms with Crippen LogP contribution in [-0.2, 0) is 32.2 Å². The van der Waals surface area contributed by atoms with Crippen molar-refractivity contribution in [2.45, 2.75) is 20.0 Å². The monoisotopic (exact) mass is 415 g/mol. The smallest absolute Gasteiger partial charge is 0.333 e. The Hall–Kier alpha value is -3.95. The van der Waals surface area contributed by atoms with E-state index in [0.717, 1.165) is 17.8 Å². The van der Waals surface area contributed by atoms with Crippen LogP contribution in [0.25, 0.3) is 0 Å². The molecule has 2 rings (SSSR count). The van der Waals surface area contributed by atoms with Crippen LogP contribution in [0.15, 0.2) is 52.1 Å². The Balaban J connectivity index is 2.57. The van der Waals surface area contributed by atoms with Crippen LogP contribution in [0, 0.1) is 0 Å². The summed E-state index contributed by atoms with van der Waals surface area (Å²) in [6, 6.07) is 8.72. The zero-order valence-electron chi connectivity index (χ0n) is 16.5. The minimum Gasteiger partial charge on any atom is -0.468 e. The summed E-state index contributed by atoms with van der Waals surface area (Å²) in [5, 5.41) is 0. The van der Waals surface area contributed by atoms with Crippen LogP contribution >= 0.6 is 0 Å². The fourth-order valence-corrected chi connectivity index (χ4v) is 2.62. The first kappa shape index (κ1) is 22.3. The number of Topliss-reactive ketones (excluding diaryl/α,β-unsaturated/α-hetero) is 1. The maximum absolute atomic E-state index is 12.8. The average Bonchev–Trinajstić information content (AvgIpc) is 2.73. The van der Waals surface area contributed by atoms with Crippen molar-refractivity contribution in [3.05, 3.63) is 74.4 Å². The molecule has 0 bridgehead atoms. The van der Waals surface area contributed by atoms with Gasteiger partial charge in [-0.2, -0.15) is 0 Å². The highest BCUT2D eigenvalue weighted by molar-refractivity contribution is 6.01. The van der Waals surface area contributed by atoms with E-state index in [0.29, 0.717) is 10.1 Å². The van der Waals surface area contributed by atoms with Crippen molar-refractivity contribution in [1.29, 1.82) is 0 Å². The minimum absolute atomic E-state index is 0.0500. The normalized spacial score (nSPS) is 10.7. The Morgan fingerprint density at radius 2 is 1.77 bits per heavy atom. The van der Waals surface area contributed by atoms with E-state index in [1.165, 1.54) is 6.08 Å². The van der Waals surface area contributed by atoms with Crippen molar-refractivity contribution in [3.63, 3.8) is 0 Å². The zero-order valence-corrected chi connectivity index (χ0v) is 16.5. The number of esters is 2. The molecule has 0 aliphatic rings. The fraction of sp³-hybridized carbons (Fsp3) is 0.250. The number of ether oxygens (including phenoxy) is 2. The van der Waals surface area contributed by atoms with Crippen LogP contribution in [0.4, 0.5) is 5.82 Å². The molecule has 0 aliphatic carbocycles. The summed E-state index contributed by atoms with van der Waals surface area (Å²) in [4.78, 5) is 61.3. The van der Waals surface area contributed by atoms with Crippen molar-refractivity contribution >= 4 is 23.5 Å². The standard InChI is InChI=1S/C20H21N3O7/c1-3-7-15(25)30-12-14(24)17-18(21)22(10-13-8-5-4-6-9-13)20(28)23(19(17)27)11-16(26)29-2/h3-9H,10-12,21H2,1-2H3/b7-3+. The first-order valence-electron chi connectivity index (χ1n) is 8.86. The second-order valence-electron chi connectivity index (χ2n) is 6.11. The molecule has 1 aromatic heterocycles. The van der Waals surface area contributed by atoms with Crippen LogP contribution in [0.1, 0.15) is 22.8 Å². The molecule has 0 radical (unpaired) electrons. The van der Waals surface area contributed by atoms with Gasteiger partial charge in [0, 0.05) is 6.08 Å². The van der Waals surface area contributed by atoms with E-state index in [-0.39, 0.29) is 12.4 Å². The number of hydrogen-bond donors (Lipinski definition) is 1. The summed E-state index contributed by atoms with van der Waals surface area (Å²) in [5.41, 5.74) is 4.16. The minimum atomic E-state index is -1.07. The quantitative estimate of drug-likeness (QED) is 0.364. The lowest BCUT2D eigenvalue weighted by Crippen LogP contribution is -2.46. The van der Waals surface area contributed by atoms with E-state index in [1.54, 1.807) is 37.3 Å². The van der Waals surface area contributed by atoms with Gasteiger partial charge in [-0.15, -0.1) is 0 Å². The molecule has 1 heterocycles. The van der Waals surface area contributed by atoms with Crippen LogP contribution in [-0.4, -0.2) is 40.6 Å². The molecule has 0 saturated carbocycles. The van der Waals surface area contributed by atoms with Gasteiger partial charge in [0.25, 0.3) is 5.56 Å². The molecule has 158 valence electrons. The molecule has 0 amide bonds. The summed E-state index contributed by atoms with van der Waals surface area (Å²) in [6.07, 6.45) is 2.52. The van der Waals surface area contributed by atoms with Crippen molar-refractivity contribution in [1.82, 2.24) is 9.13 Å². The van der Waals surface area contributed by atoms with Gasteiger partial charge >= 0.3 is 17.6 Å². The lowest BCUT2D eigenvalue weighted by Gasteiger charge is -2.16. The molecule has 10 nitrogen and oxygen atoms in total. The van der Waals surface area contributed by atoms with Gasteiger partial charge in [0.1, 0.15) is 17.9 Å². The van der Waals surface area contributed by atoms with Gasteiger partial charge in [0.05, 0.1) is 13.7 Å². The summed E-state index contributed by atoms with van der Waals surface area (Å²) < 4.78 is 10.9. The number of anilines is 1. The van der Waals surface area contributed by atoms with E-state index in [1.807, 2.05) is 0 Å². The molecule has 30 heavy (non-hydrogen) atoms. The summed E-state index contributed by atoms with van der Waals surface area (Å²) in [6.45, 7) is 0.0733. The van der Waals surface area contributed by atoms with Gasteiger partial charge in [0.15, 0.2) is 6.61 Å². The predicted molar refractivity (Wildman–Crippen MR) is 107 cm³/mol. The third-order valence-corrected chi connectivity index (χ3v) is 4.09. The highest BCUT2D eigenvalue weighted by Crippen LogP contribution is 2.10. The highest BCUT2D eigenvalue weighted by atomic mass is 16.5. The third-order valence-electron chi connectivity index (χ3n) is 4.09. The van der Waals surface area contributed by atoms with Gasteiger partial charge in [-0.05, 0) is 12.5 Å². The lowest BCUT2D eigenvalue weighted by atomic mass is 10.2. The van der Waals surface area contributed by atoms with E-state index in [4.69, 9.17) is 10.5 Å². The number of carbonyl (C=O) groups excluding carboxylic acids is 3. The Morgan fingerprint density at radius 3 is 2.37 bits per heavy atom. The first-order chi connectivity index (χ1) is 14.3. The Morgan fingerprint density at radius 1 is 1.10 bits per heavy atom. The number of nitrogens with zero attached hydrogens (tertiary/aromatic N) is 2. The Bertz CT molecular complexity index is 1100. The number of ketones is 1. The number of rotatable bonds is 8. The van der Waals surface area contributed by atoms with Crippen molar-refractivity contribution in [3.8, 4) is 0 Å². The molecule has 0 unspecified atom stereocenters. The molecular formula is C20H21N3O7. The van der Waals surface area contributed by atoms with Crippen molar-refractivity contribution in [2.24, 2.45) is 0 Å². The molecule has 0 atom stereocenters. The maximum Gasteiger partial charge on any atom is 0.333 e. The second kappa shape index (κ2) is 10.0. The number of methoxy groups -OCH3 is 1. The fourth-order valence-electron chi connectivity index (χ4n) is 2.62. The van der Waals surface area contributed by atoms with Crippen LogP contribution in [0.5, 0.6) is 0 Å². The Kier molecular flexibility index (Phi) is 7.45. The molecule has 0 aliphatic heterocycles. The Labute approximate surface area is 171 Å². The first-order valence-corrected chi connectivity index (χ1v) is 8.86. The predicted octanol–water partition coefficient (Wildman–Crippen LogP) is 0.116. The van der Waals surface area contributed by atoms with E-state index >= 15 is 0 Å². The van der Waals surface area contributed by atoms with Gasteiger partial charge in [-0.1, -0.05) is 36.4 Å². The molecular weight excluding hydrogens is 394 g/mol. The molecule has 1 aromatic carbocycles. The maximum atomic E-state index is 12.8. The number of carbonyl (C=O) groups is 3. The lowest BCUT2D eigenvalue weighted by molar-refractivity contribution is -0.141. The third kappa shape index (κ3) is 5.10. The van der Waals surface area contributed by atoms with E-state index in [9.17, 15) is 24.0 Å². The van der Waals surface area contributed by atoms with E-state index in [2.05, 4.69) is 4.74 Å².